The van der Waals surface area contributed by atoms with Crippen molar-refractivity contribution < 1.29 is 4.39 Å². The Morgan fingerprint density at radius 1 is 1.10 bits per heavy atom. The second-order valence-electron chi connectivity index (χ2n) is 5.18. The van der Waals surface area contributed by atoms with Gasteiger partial charge in [-0.1, -0.05) is 42.5 Å². The Labute approximate surface area is 124 Å². The third-order valence-electron chi connectivity index (χ3n) is 3.62. The average Bonchev–Trinajstić information content (AvgIpc) is 2.98. The molecule has 2 aromatic rings. The van der Waals surface area contributed by atoms with Crippen LogP contribution in [0.1, 0.15) is 12.0 Å². The van der Waals surface area contributed by atoms with Crippen LogP contribution in [0.25, 0.3) is 0 Å². The summed E-state index contributed by atoms with van der Waals surface area (Å²) in [5, 5.41) is 6.29. The maximum atomic E-state index is 13.8. The van der Waals surface area contributed by atoms with Crippen LogP contribution in [-0.4, -0.2) is 24.3 Å². The molecule has 0 aliphatic carbocycles. The summed E-state index contributed by atoms with van der Waals surface area (Å²) in [6, 6.07) is 17.0. The molecule has 0 amide bonds. The highest BCUT2D eigenvalue weighted by molar-refractivity contribution is 5.85. The van der Waals surface area contributed by atoms with Gasteiger partial charge in [-0.3, -0.25) is 5.01 Å². The van der Waals surface area contributed by atoms with E-state index in [9.17, 15) is 4.39 Å². The quantitative estimate of drug-likeness (QED) is 0.859. The van der Waals surface area contributed by atoms with Crippen molar-refractivity contribution in [3.05, 3.63) is 66.0 Å². The Balaban J connectivity index is 1.72. The number of benzene rings is 2. The Morgan fingerprint density at radius 2 is 1.81 bits per heavy atom. The number of amidine groups is 1. The van der Waals surface area contributed by atoms with Crippen LogP contribution in [0.5, 0.6) is 0 Å². The molecule has 0 spiro atoms. The van der Waals surface area contributed by atoms with Crippen LogP contribution in [-0.2, 0) is 6.54 Å². The lowest BCUT2D eigenvalue weighted by Crippen LogP contribution is -2.24. The number of hydrazone groups is 1. The minimum atomic E-state index is -0.229. The first-order valence-electron chi connectivity index (χ1n) is 7.08. The average molecular weight is 283 g/mol. The molecule has 0 fully saturated rings. The third kappa shape index (κ3) is 3.05. The largest absolute Gasteiger partial charge is 0.357 e. The molecule has 4 heteroatoms. The number of halogens is 1. The van der Waals surface area contributed by atoms with Crippen molar-refractivity contribution >= 4 is 11.5 Å². The molecule has 3 nitrogen and oxygen atoms in total. The molecule has 0 saturated heterocycles. The predicted octanol–water partition coefficient (Wildman–Crippen LogP) is 3.48. The van der Waals surface area contributed by atoms with E-state index >= 15 is 0 Å². The van der Waals surface area contributed by atoms with Crippen molar-refractivity contribution in [2.75, 3.05) is 18.6 Å². The van der Waals surface area contributed by atoms with Gasteiger partial charge in [-0.15, -0.1) is 0 Å². The molecule has 2 aromatic carbocycles. The second kappa shape index (κ2) is 5.95. The molecular weight excluding hydrogens is 265 g/mol. The normalized spacial score (nSPS) is 14.2. The van der Waals surface area contributed by atoms with Gasteiger partial charge < -0.3 is 4.90 Å². The Bertz CT molecular complexity index is 639. The summed E-state index contributed by atoms with van der Waals surface area (Å²) in [6.45, 7) is 1.53. The van der Waals surface area contributed by atoms with Gasteiger partial charge in [0, 0.05) is 26.6 Å². The summed E-state index contributed by atoms with van der Waals surface area (Å²) < 4.78 is 13.8. The van der Waals surface area contributed by atoms with Gasteiger partial charge in [0.2, 0.25) is 0 Å². The van der Waals surface area contributed by atoms with Gasteiger partial charge in [0.15, 0.2) is 0 Å². The first kappa shape index (κ1) is 13.6. The third-order valence-corrected chi connectivity index (χ3v) is 3.62. The van der Waals surface area contributed by atoms with Crippen LogP contribution in [0.15, 0.2) is 59.7 Å². The molecule has 0 bridgehead atoms. The van der Waals surface area contributed by atoms with Gasteiger partial charge in [-0.2, -0.15) is 5.10 Å². The van der Waals surface area contributed by atoms with E-state index in [1.54, 1.807) is 17.1 Å². The van der Waals surface area contributed by atoms with Crippen molar-refractivity contribution in [3.63, 3.8) is 0 Å². The maximum Gasteiger partial charge on any atom is 0.148 e. The van der Waals surface area contributed by atoms with Crippen molar-refractivity contribution in [2.45, 2.75) is 13.0 Å². The van der Waals surface area contributed by atoms with E-state index in [0.717, 1.165) is 25.3 Å². The second-order valence-corrected chi connectivity index (χ2v) is 5.18. The Kier molecular flexibility index (Phi) is 3.86. The molecule has 0 saturated carbocycles. The number of hydrogen-bond acceptors (Lipinski definition) is 3. The fourth-order valence-corrected chi connectivity index (χ4v) is 2.50. The minimum Gasteiger partial charge on any atom is -0.357 e. The van der Waals surface area contributed by atoms with E-state index in [2.05, 4.69) is 22.1 Å². The van der Waals surface area contributed by atoms with Gasteiger partial charge in [-0.05, 0) is 17.7 Å². The zero-order valence-electron chi connectivity index (χ0n) is 12.0. The number of nitrogens with zero attached hydrogens (tertiary/aromatic N) is 3. The highest BCUT2D eigenvalue weighted by Gasteiger charge is 2.20. The number of hydrogen-bond donors (Lipinski definition) is 0. The summed E-state index contributed by atoms with van der Waals surface area (Å²) in [7, 11) is 2.02. The fourth-order valence-electron chi connectivity index (χ4n) is 2.50. The summed E-state index contributed by atoms with van der Waals surface area (Å²) in [6.07, 6.45) is 0.831. The van der Waals surface area contributed by atoms with Gasteiger partial charge >= 0.3 is 0 Å². The zero-order chi connectivity index (χ0) is 14.7. The first-order valence-corrected chi connectivity index (χ1v) is 7.08. The number of anilines is 1. The highest BCUT2D eigenvalue weighted by Crippen LogP contribution is 2.23. The van der Waals surface area contributed by atoms with E-state index in [4.69, 9.17) is 0 Å². The van der Waals surface area contributed by atoms with Crippen LogP contribution in [0, 0.1) is 5.82 Å². The van der Waals surface area contributed by atoms with Crippen LogP contribution in [0.4, 0.5) is 10.1 Å². The van der Waals surface area contributed by atoms with Crippen molar-refractivity contribution in [1.82, 2.24) is 4.90 Å². The topological polar surface area (TPSA) is 18.8 Å². The van der Waals surface area contributed by atoms with Gasteiger partial charge in [0.1, 0.15) is 11.7 Å². The summed E-state index contributed by atoms with van der Waals surface area (Å²) >= 11 is 0. The van der Waals surface area contributed by atoms with Gasteiger partial charge in [-0.25, -0.2) is 4.39 Å². The van der Waals surface area contributed by atoms with Crippen LogP contribution in [0.3, 0.4) is 0 Å². The lowest BCUT2D eigenvalue weighted by molar-refractivity contribution is 0.494. The molecule has 108 valence electrons. The maximum absolute atomic E-state index is 13.8. The van der Waals surface area contributed by atoms with Crippen molar-refractivity contribution in [1.29, 1.82) is 0 Å². The van der Waals surface area contributed by atoms with E-state index in [0.29, 0.717) is 5.69 Å². The highest BCUT2D eigenvalue weighted by atomic mass is 19.1. The summed E-state index contributed by atoms with van der Waals surface area (Å²) in [5.74, 6) is 0.760. The Hall–Kier alpha value is -2.36. The van der Waals surface area contributed by atoms with Crippen molar-refractivity contribution in [3.8, 4) is 0 Å². The molecule has 1 heterocycles. The smallest absolute Gasteiger partial charge is 0.148 e. The van der Waals surface area contributed by atoms with E-state index in [1.807, 2.05) is 31.3 Å². The fraction of sp³-hybridized carbons (Fsp3) is 0.235. The van der Waals surface area contributed by atoms with Crippen molar-refractivity contribution in [2.24, 2.45) is 5.10 Å². The predicted molar refractivity (Wildman–Crippen MR) is 83.7 cm³/mol. The molecule has 1 aliphatic heterocycles. The van der Waals surface area contributed by atoms with E-state index in [-0.39, 0.29) is 5.82 Å². The van der Waals surface area contributed by atoms with Crippen LogP contribution >= 0.6 is 0 Å². The number of rotatable bonds is 3. The zero-order valence-corrected chi connectivity index (χ0v) is 12.0. The summed E-state index contributed by atoms with van der Waals surface area (Å²) in [4.78, 5) is 2.12. The van der Waals surface area contributed by atoms with Gasteiger partial charge in [0.05, 0.1) is 5.69 Å². The molecule has 0 aromatic heterocycles. The van der Waals surface area contributed by atoms with E-state index < -0.39 is 0 Å². The molecular formula is C17H18FN3. The molecule has 1 aliphatic rings. The molecule has 3 rings (SSSR count). The molecule has 21 heavy (non-hydrogen) atoms. The Morgan fingerprint density at radius 3 is 2.57 bits per heavy atom. The lowest BCUT2D eigenvalue weighted by atomic mass is 10.2. The molecule has 0 unspecified atom stereocenters. The van der Waals surface area contributed by atoms with E-state index in [1.165, 1.54) is 11.6 Å². The van der Waals surface area contributed by atoms with Gasteiger partial charge in [0.25, 0.3) is 0 Å². The standard InChI is InChI=1S/C17H18FN3/c1-20(13-14-7-3-2-4-8-14)17-11-12-21(19-17)16-10-6-5-9-15(16)18/h2-10H,11-13H2,1H3. The molecule has 0 N–H and O–H groups in total. The molecule has 0 radical (unpaired) electrons. The SMILES string of the molecule is CN(Cc1ccccc1)C1=NN(c2ccccc2F)CC1. The van der Waals surface area contributed by atoms with Crippen LogP contribution in [0.2, 0.25) is 0 Å². The lowest BCUT2D eigenvalue weighted by Gasteiger charge is -2.18. The minimum absolute atomic E-state index is 0.229. The van der Waals surface area contributed by atoms with Crippen LogP contribution < -0.4 is 5.01 Å². The monoisotopic (exact) mass is 283 g/mol. The first-order chi connectivity index (χ1) is 10.2. The number of para-hydroxylation sites is 1. The summed E-state index contributed by atoms with van der Waals surface area (Å²) in [5.41, 5.74) is 1.78. The molecule has 0 atom stereocenters.